The Morgan fingerprint density at radius 2 is 1.61 bits per heavy atom. The molecule has 0 saturated carbocycles. The summed E-state index contributed by atoms with van der Waals surface area (Å²) in [7, 11) is -7.75. The third kappa shape index (κ3) is 3.80. The second kappa shape index (κ2) is 5.82. The van der Waals surface area contributed by atoms with Crippen molar-refractivity contribution in [1.82, 2.24) is 0 Å². The molecule has 124 valence electrons. The predicted molar refractivity (Wildman–Crippen MR) is 83.2 cm³/mol. The quantitative estimate of drug-likeness (QED) is 0.643. The maximum Gasteiger partial charge on any atom is 0.229 e. The second-order valence-electron chi connectivity index (χ2n) is 4.97. The fourth-order valence-electron chi connectivity index (χ4n) is 1.97. The van der Waals surface area contributed by atoms with Crippen molar-refractivity contribution in [3.63, 3.8) is 0 Å². The predicted octanol–water partition coefficient (Wildman–Crippen LogP) is 2.04. The van der Waals surface area contributed by atoms with Gasteiger partial charge in [0, 0.05) is 0 Å². The molecule has 0 bridgehead atoms. The number of sulfonamides is 1. The molecule has 0 amide bonds. The van der Waals surface area contributed by atoms with E-state index in [1.807, 2.05) is 0 Å². The number of phenols is 1. The van der Waals surface area contributed by atoms with Crippen molar-refractivity contribution in [1.29, 1.82) is 0 Å². The minimum absolute atomic E-state index is 0.00323. The standard InChI is InChI=1S/C14H14FNO5S2/c1-9-7-11(16-22(2,18)19)8-13(14(9)17)23(20,21)12-5-3-10(15)4-6-12/h3-8,16-17H,1-2H3. The molecule has 9 heteroatoms. The van der Waals surface area contributed by atoms with Gasteiger partial charge in [-0.15, -0.1) is 0 Å². The van der Waals surface area contributed by atoms with E-state index >= 15 is 0 Å². The number of nitrogens with one attached hydrogen (secondary N) is 1. The van der Waals surface area contributed by atoms with Crippen LogP contribution in [0, 0.1) is 12.7 Å². The molecule has 2 aromatic rings. The van der Waals surface area contributed by atoms with Crippen molar-refractivity contribution in [2.75, 3.05) is 11.0 Å². The van der Waals surface area contributed by atoms with Crippen molar-refractivity contribution in [3.05, 3.63) is 47.8 Å². The molecule has 0 aliphatic rings. The average Bonchev–Trinajstić information content (AvgIpc) is 2.41. The third-order valence-electron chi connectivity index (χ3n) is 2.98. The second-order valence-corrected chi connectivity index (χ2v) is 8.64. The molecule has 2 aromatic carbocycles. The zero-order valence-electron chi connectivity index (χ0n) is 12.2. The first kappa shape index (κ1) is 17.2. The van der Waals surface area contributed by atoms with Gasteiger partial charge in [-0.05, 0) is 48.9 Å². The summed E-state index contributed by atoms with van der Waals surface area (Å²) in [5.74, 6) is -1.09. The highest BCUT2D eigenvalue weighted by Gasteiger charge is 2.24. The lowest BCUT2D eigenvalue weighted by molar-refractivity contribution is 0.454. The molecule has 2 rings (SSSR count). The Morgan fingerprint density at radius 1 is 1.04 bits per heavy atom. The summed E-state index contributed by atoms with van der Waals surface area (Å²) in [4.78, 5) is -0.680. The Morgan fingerprint density at radius 3 is 2.13 bits per heavy atom. The highest BCUT2D eigenvalue weighted by atomic mass is 32.2. The maximum absolute atomic E-state index is 12.9. The summed E-state index contributed by atoms with van der Waals surface area (Å²) in [6.45, 7) is 1.44. The molecule has 0 radical (unpaired) electrons. The van der Waals surface area contributed by atoms with E-state index in [-0.39, 0.29) is 16.1 Å². The maximum atomic E-state index is 12.9. The van der Waals surface area contributed by atoms with Crippen LogP contribution < -0.4 is 4.72 Å². The number of benzene rings is 2. The molecular formula is C14H14FNO5S2. The minimum atomic E-state index is -4.14. The molecule has 23 heavy (non-hydrogen) atoms. The van der Waals surface area contributed by atoms with Crippen LogP contribution in [-0.4, -0.2) is 28.2 Å². The summed E-state index contributed by atoms with van der Waals surface area (Å²) in [6.07, 6.45) is 0.920. The number of phenolic OH excluding ortho intramolecular Hbond substituents is 1. The van der Waals surface area contributed by atoms with Crippen LogP contribution in [-0.2, 0) is 19.9 Å². The van der Waals surface area contributed by atoms with E-state index in [1.54, 1.807) is 0 Å². The van der Waals surface area contributed by atoms with Crippen LogP contribution in [0.3, 0.4) is 0 Å². The van der Waals surface area contributed by atoms with Crippen molar-refractivity contribution in [2.24, 2.45) is 0 Å². The first-order chi connectivity index (χ1) is 10.5. The Hall–Kier alpha value is -2.13. The summed E-state index contributed by atoms with van der Waals surface area (Å²) in [5, 5.41) is 10.0. The van der Waals surface area contributed by atoms with E-state index < -0.39 is 36.3 Å². The van der Waals surface area contributed by atoms with Crippen molar-refractivity contribution < 1.29 is 26.3 Å². The lowest BCUT2D eigenvalue weighted by Crippen LogP contribution is -2.11. The van der Waals surface area contributed by atoms with Gasteiger partial charge in [-0.2, -0.15) is 0 Å². The van der Waals surface area contributed by atoms with Crippen molar-refractivity contribution in [2.45, 2.75) is 16.7 Å². The van der Waals surface area contributed by atoms with Crippen LogP contribution in [0.1, 0.15) is 5.56 Å². The van der Waals surface area contributed by atoms with Gasteiger partial charge in [-0.25, -0.2) is 21.2 Å². The lowest BCUT2D eigenvalue weighted by Gasteiger charge is -2.12. The molecule has 0 heterocycles. The number of hydrogen-bond acceptors (Lipinski definition) is 5. The fraction of sp³-hybridized carbons (Fsp3) is 0.143. The first-order valence-electron chi connectivity index (χ1n) is 6.33. The molecular weight excluding hydrogens is 345 g/mol. The minimum Gasteiger partial charge on any atom is -0.506 e. The van der Waals surface area contributed by atoms with Gasteiger partial charge < -0.3 is 5.11 Å². The summed E-state index contributed by atoms with van der Waals surface area (Å²) in [6, 6.07) is 6.42. The van der Waals surface area contributed by atoms with E-state index in [9.17, 15) is 26.3 Å². The van der Waals surface area contributed by atoms with Crippen LogP contribution >= 0.6 is 0 Å². The smallest absolute Gasteiger partial charge is 0.229 e. The number of anilines is 1. The number of aryl methyl sites for hydroxylation is 1. The van der Waals surface area contributed by atoms with E-state index in [4.69, 9.17) is 0 Å². The van der Waals surface area contributed by atoms with Gasteiger partial charge in [-0.1, -0.05) is 0 Å². The van der Waals surface area contributed by atoms with Gasteiger partial charge in [0.15, 0.2) is 0 Å². The normalized spacial score (nSPS) is 12.1. The molecule has 6 nitrogen and oxygen atoms in total. The Labute approximate surface area is 133 Å². The zero-order chi connectivity index (χ0) is 17.4. The summed E-state index contributed by atoms with van der Waals surface area (Å²) >= 11 is 0. The molecule has 0 spiro atoms. The van der Waals surface area contributed by atoms with Crippen LogP contribution in [0.5, 0.6) is 5.75 Å². The van der Waals surface area contributed by atoms with E-state index in [1.165, 1.54) is 13.0 Å². The Balaban J connectivity index is 2.64. The molecule has 2 N–H and O–H groups in total. The molecule has 0 aromatic heterocycles. The Bertz CT molecular complexity index is 951. The number of aromatic hydroxyl groups is 1. The van der Waals surface area contributed by atoms with Crippen molar-refractivity contribution in [3.8, 4) is 5.75 Å². The van der Waals surface area contributed by atoms with Gasteiger partial charge in [0.05, 0.1) is 16.8 Å². The van der Waals surface area contributed by atoms with Gasteiger partial charge in [0.1, 0.15) is 16.5 Å². The van der Waals surface area contributed by atoms with Crippen LogP contribution in [0.15, 0.2) is 46.2 Å². The lowest BCUT2D eigenvalue weighted by atomic mass is 10.2. The number of hydrogen-bond donors (Lipinski definition) is 2. The van der Waals surface area contributed by atoms with Gasteiger partial charge in [0.2, 0.25) is 19.9 Å². The molecule has 0 saturated heterocycles. The molecule has 0 aliphatic heterocycles. The highest BCUT2D eigenvalue weighted by Crippen LogP contribution is 2.34. The molecule has 0 unspecified atom stereocenters. The summed E-state index contributed by atoms with van der Waals surface area (Å²) < 4.78 is 62.9. The van der Waals surface area contributed by atoms with Gasteiger partial charge in [-0.3, -0.25) is 4.72 Å². The van der Waals surface area contributed by atoms with Crippen LogP contribution in [0.4, 0.5) is 10.1 Å². The van der Waals surface area contributed by atoms with Crippen molar-refractivity contribution >= 4 is 25.5 Å². The van der Waals surface area contributed by atoms with Gasteiger partial charge in [0.25, 0.3) is 0 Å². The topological polar surface area (TPSA) is 101 Å². The summed E-state index contributed by atoms with van der Waals surface area (Å²) in [5.41, 5.74) is 0.183. The first-order valence-corrected chi connectivity index (χ1v) is 9.70. The number of rotatable bonds is 4. The van der Waals surface area contributed by atoms with Gasteiger partial charge >= 0.3 is 0 Å². The van der Waals surface area contributed by atoms with Crippen LogP contribution in [0.25, 0.3) is 0 Å². The monoisotopic (exact) mass is 359 g/mol. The molecule has 0 atom stereocenters. The van der Waals surface area contributed by atoms with E-state index in [0.29, 0.717) is 0 Å². The largest absolute Gasteiger partial charge is 0.506 e. The third-order valence-corrected chi connectivity index (χ3v) is 5.37. The zero-order valence-corrected chi connectivity index (χ0v) is 13.9. The van der Waals surface area contributed by atoms with E-state index in [0.717, 1.165) is 36.6 Å². The average molecular weight is 359 g/mol. The van der Waals surface area contributed by atoms with E-state index in [2.05, 4.69) is 4.72 Å². The Kier molecular flexibility index (Phi) is 4.36. The number of sulfone groups is 1. The SMILES string of the molecule is Cc1cc(NS(C)(=O)=O)cc(S(=O)(=O)c2ccc(F)cc2)c1O. The molecule has 0 aliphatic carbocycles. The fourth-order valence-corrected chi connectivity index (χ4v) is 3.96. The van der Waals surface area contributed by atoms with Crippen LogP contribution in [0.2, 0.25) is 0 Å². The number of halogens is 1. The highest BCUT2D eigenvalue weighted by molar-refractivity contribution is 7.92. The molecule has 0 fully saturated rings.